The number of hydrogen-bond donors (Lipinski definition) is 7. The molecule has 1 aromatic rings. The van der Waals surface area contributed by atoms with Gasteiger partial charge in [0.05, 0.1) is 12.5 Å². The molecule has 11 nitrogen and oxygen atoms in total. The van der Waals surface area contributed by atoms with Crippen LogP contribution in [0.4, 0.5) is 0 Å². The maximum Gasteiger partial charge on any atom is 0.326 e. The highest BCUT2D eigenvalue weighted by Gasteiger charge is 2.29. The molecular weight excluding hydrogens is 396 g/mol. The van der Waals surface area contributed by atoms with Gasteiger partial charge in [0.1, 0.15) is 17.8 Å². The summed E-state index contributed by atoms with van der Waals surface area (Å²) in [5.74, 6) is -4.25. The van der Waals surface area contributed by atoms with E-state index in [9.17, 15) is 24.3 Å². The lowest BCUT2D eigenvalue weighted by molar-refractivity contribution is -0.147. The van der Waals surface area contributed by atoms with Gasteiger partial charge in [0, 0.05) is 0 Å². The molecule has 166 valence electrons. The van der Waals surface area contributed by atoms with Crippen LogP contribution in [-0.2, 0) is 25.6 Å². The summed E-state index contributed by atoms with van der Waals surface area (Å²) < 4.78 is 0. The fourth-order valence-electron chi connectivity index (χ4n) is 2.67. The maximum atomic E-state index is 12.5. The van der Waals surface area contributed by atoms with Crippen molar-refractivity contribution < 1.29 is 34.5 Å². The molecule has 0 saturated heterocycles. The number of carboxylic acids is 2. The average Bonchev–Trinajstić information content (AvgIpc) is 2.67. The third-order valence-electron chi connectivity index (χ3n) is 4.30. The van der Waals surface area contributed by atoms with Crippen molar-refractivity contribution in [3.8, 4) is 5.75 Å². The highest BCUT2D eigenvalue weighted by Crippen LogP contribution is 2.11. The lowest BCUT2D eigenvalue weighted by Gasteiger charge is -2.22. The summed E-state index contributed by atoms with van der Waals surface area (Å²) in [6.45, 7) is 0.374. The number of amides is 2. The molecule has 0 aromatic heterocycles. The number of carbonyl (C=O) groups is 4. The van der Waals surface area contributed by atoms with E-state index in [1.807, 2.05) is 0 Å². The molecule has 0 aliphatic carbocycles. The molecule has 1 aromatic carbocycles. The Labute approximate surface area is 173 Å². The van der Waals surface area contributed by atoms with Gasteiger partial charge in [0.2, 0.25) is 11.8 Å². The van der Waals surface area contributed by atoms with Crippen LogP contribution in [0.15, 0.2) is 24.3 Å². The molecule has 0 aliphatic heterocycles. The minimum Gasteiger partial charge on any atom is -0.508 e. The fraction of sp³-hybridized carbons (Fsp3) is 0.474. The third kappa shape index (κ3) is 8.88. The van der Waals surface area contributed by atoms with Crippen LogP contribution in [0.3, 0.4) is 0 Å². The quantitative estimate of drug-likeness (QED) is 0.192. The van der Waals surface area contributed by atoms with Crippen molar-refractivity contribution in [1.29, 1.82) is 0 Å². The van der Waals surface area contributed by atoms with Gasteiger partial charge in [-0.25, -0.2) is 4.79 Å². The minimum absolute atomic E-state index is 0.0720. The Kier molecular flexibility index (Phi) is 10.3. The van der Waals surface area contributed by atoms with E-state index in [4.69, 9.17) is 21.7 Å². The molecule has 3 atom stereocenters. The Hall–Kier alpha value is -3.18. The largest absolute Gasteiger partial charge is 0.508 e. The van der Waals surface area contributed by atoms with Gasteiger partial charge in [0.25, 0.3) is 0 Å². The van der Waals surface area contributed by atoms with Crippen LogP contribution >= 0.6 is 0 Å². The number of nitrogens with two attached hydrogens (primary N) is 2. The number of phenolic OH excluding ortho intramolecular Hbond substituents is 1. The van der Waals surface area contributed by atoms with Crippen molar-refractivity contribution >= 4 is 23.8 Å². The first-order chi connectivity index (χ1) is 14.1. The van der Waals surface area contributed by atoms with Crippen molar-refractivity contribution in [1.82, 2.24) is 10.6 Å². The number of aliphatic carboxylic acids is 2. The summed E-state index contributed by atoms with van der Waals surface area (Å²) in [6, 6.07) is 2.41. The van der Waals surface area contributed by atoms with E-state index in [1.54, 1.807) is 12.1 Å². The van der Waals surface area contributed by atoms with Gasteiger partial charge < -0.3 is 37.4 Å². The van der Waals surface area contributed by atoms with Crippen molar-refractivity contribution in [2.24, 2.45) is 11.5 Å². The Morgan fingerprint density at radius 2 is 1.53 bits per heavy atom. The molecule has 0 bridgehead atoms. The number of rotatable bonds is 13. The predicted molar refractivity (Wildman–Crippen MR) is 106 cm³/mol. The van der Waals surface area contributed by atoms with Gasteiger partial charge in [-0.05, 0) is 49.9 Å². The molecule has 11 heteroatoms. The van der Waals surface area contributed by atoms with Gasteiger partial charge in [0.15, 0.2) is 0 Å². The topological polar surface area (TPSA) is 205 Å². The summed E-state index contributed by atoms with van der Waals surface area (Å²) in [5, 5.41) is 31.8. The lowest BCUT2D eigenvalue weighted by atomic mass is 10.0. The van der Waals surface area contributed by atoms with Crippen LogP contribution in [-0.4, -0.2) is 63.7 Å². The first-order valence-electron chi connectivity index (χ1n) is 9.43. The van der Waals surface area contributed by atoms with Gasteiger partial charge in [-0.15, -0.1) is 0 Å². The van der Waals surface area contributed by atoms with E-state index >= 15 is 0 Å². The normalized spacial score (nSPS) is 13.7. The fourth-order valence-corrected chi connectivity index (χ4v) is 2.67. The highest BCUT2D eigenvalue weighted by molar-refractivity contribution is 5.92. The molecule has 2 amide bonds. The molecule has 0 spiro atoms. The molecule has 0 heterocycles. The Bertz CT molecular complexity index is 739. The first-order valence-corrected chi connectivity index (χ1v) is 9.43. The summed E-state index contributed by atoms with van der Waals surface area (Å²) in [4.78, 5) is 47.0. The second-order valence-corrected chi connectivity index (χ2v) is 6.82. The summed E-state index contributed by atoms with van der Waals surface area (Å²) in [7, 11) is 0. The van der Waals surface area contributed by atoms with E-state index < -0.39 is 48.3 Å². The monoisotopic (exact) mass is 424 g/mol. The van der Waals surface area contributed by atoms with Gasteiger partial charge in [-0.1, -0.05) is 12.1 Å². The zero-order valence-corrected chi connectivity index (χ0v) is 16.4. The number of nitrogens with one attached hydrogen (secondary N) is 2. The van der Waals surface area contributed by atoms with Crippen LogP contribution in [0.5, 0.6) is 5.75 Å². The number of carbonyl (C=O) groups excluding carboxylic acids is 2. The first kappa shape index (κ1) is 24.9. The van der Waals surface area contributed by atoms with Crippen molar-refractivity contribution in [3.63, 3.8) is 0 Å². The number of aromatic hydroxyl groups is 1. The molecule has 3 unspecified atom stereocenters. The van der Waals surface area contributed by atoms with Crippen LogP contribution in [0, 0.1) is 0 Å². The third-order valence-corrected chi connectivity index (χ3v) is 4.30. The van der Waals surface area contributed by atoms with Crippen molar-refractivity contribution in [3.05, 3.63) is 29.8 Å². The van der Waals surface area contributed by atoms with E-state index in [0.29, 0.717) is 24.9 Å². The van der Waals surface area contributed by atoms with Gasteiger partial charge in [-0.2, -0.15) is 0 Å². The van der Waals surface area contributed by atoms with E-state index in [0.717, 1.165) is 0 Å². The molecule has 30 heavy (non-hydrogen) atoms. The highest BCUT2D eigenvalue weighted by atomic mass is 16.4. The Morgan fingerprint density at radius 1 is 0.933 bits per heavy atom. The summed E-state index contributed by atoms with van der Waals surface area (Å²) in [5.41, 5.74) is 12.1. The lowest BCUT2D eigenvalue weighted by Crippen LogP contribution is -2.55. The standard InChI is InChI=1S/C19H28N4O7/c20-8-2-1-3-14(18(28)23-15(19(29)30)10-16(25)26)22-17(27)13(21)9-11-4-6-12(24)7-5-11/h4-7,13-15,24H,1-3,8-10,20-21H2,(H,22,27)(H,23,28)(H,25,26)(H,29,30). The number of phenols is 1. The van der Waals surface area contributed by atoms with Gasteiger partial charge >= 0.3 is 11.9 Å². The minimum atomic E-state index is -1.63. The smallest absolute Gasteiger partial charge is 0.326 e. The summed E-state index contributed by atoms with van der Waals surface area (Å²) >= 11 is 0. The average molecular weight is 424 g/mol. The Balaban J connectivity index is 2.80. The molecular formula is C19H28N4O7. The van der Waals surface area contributed by atoms with E-state index in [2.05, 4.69) is 10.6 Å². The second kappa shape index (κ2) is 12.4. The van der Waals surface area contributed by atoms with Crippen LogP contribution in [0.1, 0.15) is 31.2 Å². The summed E-state index contributed by atoms with van der Waals surface area (Å²) in [6.07, 6.45) is 0.598. The SMILES string of the molecule is NCCCCC(NC(=O)C(N)Cc1ccc(O)cc1)C(=O)NC(CC(=O)O)C(=O)O. The predicted octanol–water partition coefficient (Wildman–Crippen LogP) is -1.08. The second-order valence-electron chi connectivity index (χ2n) is 6.82. The number of benzene rings is 1. The maximum absolute atomic E-state index is 12.5. The zero-order chi connectivity index (χ0) is 22.7. The van der Waals surface area contributed by atoms with Crippen LogP contribution < -0.4 is 22.1 Å². The van der Waals surface area contributed by atoms with E-state index in [1.165, 1.54) is 12.1 Å². The molecule has 0 radical (unpaired) electrons. The van der Waals surface area contributed by atoms with E-state index in [-0.39, 0.29) is 18.6 Å². The molecule has 9 N–H and O–H groups in total. The zero-order valence-electron chi connectivity index (χ0n) is 16.4. The molecule has 0 fully saturated rings. The van der Waals surface area contributed by atoms with Crippen LogP contribution in [0.2, 0.25) is 0 Å². The molecule has 0 saturated carbocycles. The Morgan fingerprint density at radius 3 is 2.07 bits per heavy atom. The van der Waals surface area contributed by atoms with Crippen molar-refractivity contribution in [2.75, 3.05) is 6.54 Å². The number of carboxylic acid groups (broad SMARTS) is 2. The molecule has 1 rings (SSSR count). The van der Waals surface area contributed by atoms with Crippen LogP contribution in [0.25, 0.3) is 0 Å². The van der Waals surface area contributed by atoms with Crippen molar-refractivity contribution in [2.45, 2.75) is 50.2 Å². The van der Waals surface area contributed by atoms with Gasteiger partial charge in [-0.3, -0.25) is 14.4 Å². The molecule has 0 aliphatic rings. The number of unbranched alkanes of at least 4 members (excludes halogenated alkanes) is 1. The number of hydrogen-bond acceptors (Lipinski definition) is 7.